The highest BCUT2D eigenvalue weighted by Gasteiger charge is 2.43. The summed E-state index contributed by atoms with van der Waals surface area (Å²) in [6.45, 7) is 0. The van der Waals surface area contributed by atoms with E-state index < -0.39 is 0 Å². The van der Waals surface area contributed by atoms with E-state index in [1.165, 1.54) is 44.9 Å². The van der Waals surface area contributed by atoms with Crippen molar-refractivity contribution in [2.24, 2.45) is 40.6 Å². The second-order valence-electron chi connectivity index (χ2n) is 7.37. The molecular formula is C16H24N2O. The van der Waals surface area contributed by atoms with E-state index in [9.17, 15) is 4.79 Å². The van der Waals surface area contributed by atoms with Gasteiger partial charge in [-0.2, -0.15) is 5.10 Å². The molecule has 0 aromatic carbocycles. The lowest BCUT2D eigenvalue weighted by molar-refractivity contribution is -0.126. The largest absolute Gasteiger partial charge is 0.273 e. The van der Waals surface area contributed by atoms with Gasteiger partial charge in [0, 0.05) is 12.1 Å². The molecule has 0 heterocycles. The fourth-order valence-electron chi connectivity index (χ4n) is 5.32. The zero-order chi connectivity index (χ0) is 12.8. The summed E-state index contributed by atoms with van der Waals surface area (Å²) in [6.07, 6.45) is 12.5. The van der Waals surface area contributed by atoms with Crippen molar-refractivity contribution in [2.45, 2.75) is 51.4 Å². The van der Waals surface area contributed by atoms with Crippen molar-refractivity contribution in [2.75, 3.05) is 0 Å². The number of carbonyl (C=O) groups is 1. The van der Waals surface area contributed by atoms with Gasteiger partial charge < -0.3 is 0 Å². The minimum absolute atomic E-state index is 0.187. The van der Waals surface area contributed by atoms with Gasteiger partial charge >= 0.3 is 0 Å². The fourth-order valence-corrected chi connectivity index (χ4v) is 5.32. The van der Waals surface area contributed by atoms with E-state index in [1.54, 1.807) is 0 Å². The summed E-state index contributed by atoms with van der Waals surface area (Å²) in [6, 6.07) is 0. The molecule has 104 valence electrons. The highest BCUT2D eigenvalue weighted by molar-refractivity contribution is 5.80. The van der Waals surface area contributed by atoms with Crippen molar-refractivity contribution in [1.82, 2.24) is 5.43 Å². The number of fused-ring (bicyclic) bond motifs is 4. The molecule has 0 spiro atoms. The van der Waals surface area contributed by atoms with Gasteiger partial charge in [-0.1, -0.05) is 12.8 Å². The number of amides is 1. The van der Waals surface area contributed by atoms with Gasteiger partial charge in [0.2, 0.25) is 5.91 Å². The van der Waals surface area contributed by atoms with Crippen LogP contribution in [0.5, 0.6) is 0 Å². The van der Waals surface area contributed by atoms with Crippen molar-refractivity contribution < 1.29 is 4.79 Å². The van der Waals surface area contributed by atoms with Crippen LogP contribution in [-0.2, 0) is 4.79 Å². The minimum atomic E-state index is 0.187. The van der Waals surface area contributed by atoms with E-state index in [0.29, 0.717) is 11.8 Å². The summed E-state index contributed by atoms with van der Waals surface area (Å²) >= 11 is 0. The van der Waals surface area contributed by atoms with Crippen LogP contribution in [0, 0.1) is 35.5 Å². The first-order valence-corrected chi connectivity index (χ1v) is 8.12. The normalized spacial score (nSPS) is 47.4. The van der Waals surface area contributed by atoms with Crippen molar-refractivity contribution in [3.63, 3.8) is 0 Å². The van der Waals surface area contributed by atoms with Gasteiger partial charge in [0.15, 0.2) is 0 Å². The third-order valence-electron chi connectivity index (χ3n) is 6.31. The van der Waals surface area contributed by atoms with Crippen molar-refractivity contribution in [1.29, 1.82) is 0 Å². The van der Waals surface area contributed by atoms with E-state index in [-0.39, 0.29) is 11.8 Å². The summed E-state index contributed by atoms with van der Waals surface area (Å²) in [5.74, 6) is 4.37. The number of rotatable bonds is 3. The number of carbonyl (C=O) groups excluding carboxylic acids is 1. The Labute approximate surface area is 115 Å². The number of nitrogens with zero attached hydrogens (tertiary/aromatic N) is 1. The predicted molar refractivity (Wildman–Crippen MR) is 74.5 cm³/mol. The molecule has 0 radical (unpaired) electrons. The van der Waals surface area contributed by atoms with Crippen molar-refractivity contribution in [3.8, 4) is 0 Å². The van der Waals surface area contributed by atoms with Crippen LogP contribution in [0.15, 0.2) is 5.10 Å². The van der Waals surface area contributed by atoms with Gasteiger partial charge in [0.05, 0.1) is 0 Å². The molecular weight excluding hydrogens is 236 g/mol. The Morgan fingerprint density at radius 2 is 1.68 bits per heavy atom. The lowest BCUT2D eigenvalue weighted by Gasteiger charge is -2.20. The Morgan fingerprint density at radius 1 is 0.947 bits per heavy atom. The van der Waals surface area contributed by atoms with E-state index in [1.807, 2.05) is 6.21 Å². The summed E-state index contributed by atoms with van der Waals surface area (Å²) in [5.41, 5.74) is 2.83. The molecule has 3 nitrogen and oxygen atoms in total. The maximum absolute atomic E-state index is 12.1. The molecule has 0 aromatic heterocycles. The first-order valence-electron chi connectivity index (χ1n) is 8.12. The highest BCUT2D eigenvalue weighted by Crippen LogP contribution is 2.48. The number of hydrogen-bond donors (Lipinski definition) is 1. The molecule has 4 fully saturated rings. The van der Waals surface area contributed by atoms with Crippen molar-refractivity contribution >= 4 is 12.1 Å². The average molecular weight is 260 g/mol. The van der Waals surface area contributed by atoms with E-state index in [4.69, 9.17) is 0 Å². The first-order chi connectivity index (χ1) is 9.29. The molecule has 0 unspecified atom stereocenters. The Bertz CT molecular complexity index is 406. The van der Waals surface area contributed by atoms with Crippen LogP contribution in [0.3, 0.4) is 0 Å². The van der Waals surface area contributed by atoms with Crippen LogP contribution in [-0.4, -0.2) is 12.1 Å². The molecule has 4 saturated carbocycles. The first kappa shape index (κ1) is 11.9. The van der Waals surface area contributed by atoms with Gasteiger partial charge in [-0.3, -0.25) is 4.79 Å². The van der Waals surface area contributed by atoms with Crippen LogP contribution < -0.4 is 5.43 Å². The Morgan fingerprint density at radius 3 is 2.26 bits per heavy atom. The van der Waals surface area contributed by atoms with Gasteiger partial charge in [-0.05, 0) is 68.1 Å². The maximum Gasteiger partial charge on any atom is 0.243 e. The lowest BCUT2D eigenvalue weighted by atomic mass is 9.88. The maximum atomic E-state index is 12.1. The molecule has 1 N–H and O–H groups in total. The van der Waals surface area contributed by atoms with E-state index in [0.717, 1.165) is 24.2 Å². The van der Waals surface area contributed by atoms with Crippen LogP contribution in [0.2, 0.25) is 0 Å². The van der Waals surface area contributed by atoms with E-state index >= 15 is 0 Å². The molecule has 0 saturated heterocycles. The molecule has 0 aromatic rings. The van der Waals surface area contributed by atoms with Gasteiger partial charge in [0.1, 0.15) is 0 Å². The summed E-state index contributed by atoms with van der Waals surface area (Å²) in [5, 5.41) is 4.28. The molecule has 3 heteroatoms. The van der Waals surface area contributed by atoms with Gasteiger partial charge in [-0.15, -0.1) is 0 Å². The Kier molecular flexibility index (Phi) is 2.89. The topological polar surface area (TPSA) is 41.5 Å². The van der Waals surface area contributed by atoms with Crippen LogP contribution >= 0.6 is 0 Å². The lowest BCUT2D eigenvalue weighted by Crippen LogP contribution is -2.31. The van der Waals surface area contributed by atoms with Crippen LogP contribution in [0.1, 0.15) is 51.4 Å². The van der Waals surface area contributed by atoms with Gasteiger partial charge in [0.25, 0.3) is 0 Å². The standard InChI is InChI=1S/C16H24N2O/c19-16(15-8-11-2-4-13(15)6-11)18-17-9-14-7-10-1-3-12(14)5-10/h9-15H,1-8H2,(H,18,19)/t10-,11-,12-,13-,14-,15-/m0/s1. The number of nitrogens with one attached hydrogen (secondary N) is 1. The third kappa shape index (κ3) is 2.11. The third-order valence-corrected chi connectivity index (χ3v) is 6.31. The Balaban J connectivity index is 1.29. The average Bonchev–Trinajstić information content (AvgIpc) is 3.18. The second-order valence-corrected chi connectivity index (χ2v) is 7.37. The fraction of sp³-hybridized carbons (Fsp3) is 0.875. The molecule has 19 heavy (non-hydrogen) atoms. The quantitative estimate of drug-likeness (QED) is 0.615. The highest BCUT2D eigenvalue weighted by atomic mass is 16.2. The number of hydrazone groups is 1. The molecule has 4 aliphatic carbocycles. The van der Waals surface area contributed by atoms with Crippen LogP contribution in [0.25, 0.3) is 0 Å². The van der Waals surface area contributed by atoms with Crippen molar-refractivity contribution in [3.05, 3.63) is 0 Å². The summed E-state index contributed by atoms with van der Waals surface area (Å²) in [4.78, 5) is 12.1. The molecule has 0 aliphatic heterocycles. The molecule has 4 bridgehead atoms. The second kappa shape index (κ2) is 4.60. The summed E-state index contributed by atoms with van der Waals surface area (Å²) in [7, 11) is 0. The predicted octanol–water partition coefficient (Wildman–Crippen LogP) is 2.96. The monoisotopic (exact) mass is 260 g/mol. The smallest absolute Gasteiger partial charge is 0.243 e. The molecule has 6 atom stereocenters. The van der Waals surface area contributed by atoms with Crippen LogP contribution in [0.4, 0.5) is 0 Å². The molecule has 4 aliphatic rings. The zero-order valence-corrected chi connectivity index (χ0v) is 11.6. The Hall–Kier alpha value is -0.860. The summed E-state index contributed by atoms with van der Waals surface area (Å²) < 4.78 is 0. The van der Waals surface area contributed by atoms with Gasteiger partial charge in [-0.25, -0.2) is 5.43 Å². The minimum Gasteiger partial charge on any atom is -0.273 e. The van der Waals surface area contributed by atoms with E-state index in [2.05, 4.69) is 10.5 Å². The molecule has 1 amide bonds. The SMILES string of the molecule is O=C(NN=C[C@@H]1C[C@H]2CC[C@H]1C2)[C@H]1C[C@H]2CC[C@H]1C2. The zero-order valence-electron chi connectivity index (χ0n) is 11.6. The number of hydrogen-bond acceptors (Lipinski definition) is 2. The molecule has 4 rings (SSSR count).